The maximum Gasteiger partial charge on any atom is 0.338 e. The number of carbonyl (C=O) groups is 2. The van der Waals surface area contributed by atoms with E-state index in [-0.39, 0.29) is 12.5 Å². The van der Waals surface area contributed by atoms with Gasteiger partial charge >= 0.3 is 5.97 Å². The van der Waals surface area contributed by atoms with Gasteiger partial charge in [-0.3, -0.25) is 9.48 Å². The summed E-state index contributed by atoms with van der Waals surface area (Å²) in [5.74, 6) is -0.627. The smallest absolute Gasteiger partial charge is 0.338 e. The SMILES string of the molecule is CCOC(=O)c1ccc(NC(=O)Cn2nc(-c3ccccc3)c3cc(Cl)ccc32)cc1. The highest BCUT2D eigenvalue weighted by Gasteiger charge is 2.15. The quantitative estimate of drug-likeness (QED) is 0.425. The van der Waals surface area contributed by atoms with E-state index < -0.39 is 5.97 Å². The maximum atomic E-state index is 12.7. The van der Waals surface area contributed by atoms with Gasteiger partial charge in [0.15, 0.2) is 0 Å². The minimum Gasteiger partial charge on any atom is -0.462 e. The lowest BCUT2D eigenvalue weighted by atomic mass is 10.1. The molecule has 0 aliphatic carbocycles. The average molecular weight is 434 g/mol. The molecule has 4 aromatic rings. The van der Waals surface area contributed by atoms with Crippen LogP contribution in [0.1, 0.15) is 17.3 Å². The standard InChI is InChI=1S/C24H20ClN3O3/c1-2-31-24(30)17-8-11-19(12-9-17)26-22(29)15-28-21-13-10-18(25)14-20(21)23(27-28)16-6-4-3-5-7-16/h3-14H,2,15H2,1H3,(H,26,29). The zero-order valence-electron chi connectivity index (χ0n) is 16.8. The lowest BCUT2D eigenvalue weighted by Crippen LogP contribution is -2.19. The third kappa shape index (κ3) is 4.59. The lowest BCUT2D eigenvalue weighted by molar-refractivity contribution is -0.116. The molecule has 0 saturated heterocycles. The fourth-order valence-electron chi connectivity index (χ4n) is 3.32. The van der Waals surface area contributed by atoms with Gasteiger partial charge in [0, 0.05) is 21.7 Å². The average Bonchev–Trinajstić information content (AvgIpc) is 3.12. The highest BCUT2D eigenvalue weighted by molar-refractivity contribution is 6.31. The van der Waals surface area contributed by atoms with E-state index >= 15 is 0 Å². The van der Waals surface area contributed by atoms with Crippen LogP contribution in [-0.2, 0) is 16.1 Å². The Bertz CT molecular complexity index is 1230. The number of rotatable bonds is 6. The topological polar surface area (TPSA) is 73.2 Å². The van der Waals surface area contributed by atoms with Gasteiger partial charge in [-0.1, -0.05) is 41.9 Å². The molecule has 6 nitrogen and oxygen atoms in total. The van der Waals surface area contributed by atoms with Crippen LogP contribution in [0.25, 0.3) is 22.2 Å². The second-order valence-corrected chi connectivity index (χ2v) is 7.32. The Labute approximate surface area is 184 Å². The van der Waals surface area contributed by atoms with Crippen LogP contribution >= 0.6 is 11.6 Å². The van der Waals surface area contributed by atoms with Crippen LogP contribution in [0.15, 0.2) is 72.8 Å². The van der Waals surface area contributed by atoms with Crippen molar-refractivity contribution in [1.82, 2.24) is 9.78 Å². The Kier molecular flexibility index (Phi) is 6.00. The summed E-state index contributed by atoms with van der Waals surface area (Å²) in [6, 6.07) is 21.8. The summed E-state index contributed by atoms with van der Waals surface area (Å²) in [4.78, 5) is 24.4. The summed E-state index contributed by atoms with van der Waals surface area (Å²) in [7, 11) is 0. The molecule has 31 heavy (non-hydrogen) atoms. The highest BCUT2D eigenvalue weighted by atomic mass is 35.5. The van der Waals surface area contributed by atoms with Crippen molar-refractivity contribution in [2.45, 2.75) is 13.5 Å². The summed E-state index contributed by atoms with van der Waals surface area (Å²) in [5.41, 5.74) is 3.55. The Morgan fingerprint density at radius 3 is 2.48 bits per heavy atom. The Balaban J connectivity index is 1.56. The zero-order valence-corrected chi connectivity index (χ0v) is 17.6. The van der Waals surface area contributed by atoms with Gasteiger partial charge in [-0.25, -0.2) is 4.79 Å². The van der Waals surface area contributed by atoms with Gasteiger partial charge in [-0.15, -0.1) is 0 Å². The van der Waals surface area contributed by atoms with Gasteiger partial charge in [-0.2, -0.15) is 5.10 Å². The molecule has 0 saturated carbocycles. The van der Waals surface area contributed by atoms with E-state index in [4.69, 9.17) is 16.3 Å². The summed E-state index contributed by atoms with van der Waals surface area (Å²) in [6.45, 7) is 2.10. The molecular formula is C24H20ClN3O3. The van der Waals surface area contributed by atoms with Gasteiger partial charge in [0.05, 0.1) is 17.7 Å². The van der Waals surface area contributed by atoms with E-state index in [1.165, 1.54) is 0 Å². The first-order valence-electron chi connectivity index (χ1n) is 9.83. The molecule has 0 unspecified atom stereocenters. The molecule has 1 N–H and O–H groups in total. The van der Waals surface area contributed by atoms with E-state index in [0.29, 0.717) is 22.9 Å². The summed E-state index contributed by atoms with van der Waals surface area (Å²) in [5, 5.41) is 9.00. The molecule has 1 heterocycles. The van der Waals surface area contributed by atoms with Crippen LogP contribution in [0.2, 0.25) is 5.02 Å². The van der Waals surface area contributed by atoms with E-state index in [0.717, 1.165) is 22.2 Å². The van der Waals surface area contributed by atoms with Gasteiger partial charge in [0.2, 0.25) is 5.91 Å². The molecule has 1 amide bonds. The number of carbonyl (C=O) groups excluding carboxylic acids is 2. The summed E-state index contributed by atoms with van der Waals surface area (Å²) in [6.07, 6.45) is 0. The number of esters is 1. The van der Waals surface area contributed by atoms with E-state index in [1.807, 2.05) is 42.5 Å². The molecular weight excluding hydrogens is 414 g/mol. The molecule has 0 aliphatic heterocycles. The van der Waals surface area contributed by atoms with Crippen LogP contribution in [0.3, 0.4) is 0 Å². The fraction of sp³-hybridized carbons (Fsp3) is 0.125. The van der Waals surface area contributed by atoms with Gasteiger partial charge in [0.1, 0.15) is 12.2 Å². The number of halogens is 1. The lowest BCUT2D eigenvalue weighted by Gasteiger charge is -2.07. The third-order valence-electron chi connectivity index (χ3n) is 4.73. The second kappa shape index (κ2) is 9.02. The van der Waals surface area contributed by atoms with Crippen LogP contribution in [0.5, 0.6) is 0 Å². The minimum atomic E-state index is -0.393. The van der Waals surface area contributed by atoms with Crippen molar-refractivity contribution in [2.24, 2.45) is 0 Å². The summed E-state index contributed by atoms with van der Waals surface area (Å²) < 4.78 is 6.63. The maximum absolute atomic E-state index is 12.7. The molecule has 0 spiro atoms. The number of hydrogen-bond acceptors (Lipinski definition) is 4. The molecule has 0 aliphatic rings. The number of nitrogens with one attached hydrogen (secondary N) is 1. The first-order valence-corrected chi connectivity index (χ1v) is 10.2. The van der Waals surface area contributed by atoms with Crippen molar-refractivity contribution in [1.29, 1.82) is 0 Å². The Morgan fingerprint density at radius 1 is 1.03 bits per heavy atom. The molecule has 0 bridgehead atoms. The molecule has 4 rings (SSSR count). The largest absolute Gasteiger partial charge is 0.462 e. The predicted molar refractivity (Wildman–Crippen MR) is 121 cm³/mol. The van der Waals surface area contributed by atoms with Crippen molar-refractivity contribution in [3.05, 3.63) is 83.4 Å². The normalized spacial score (nSPS) is 10.8. The predicted octanol–water partition coefficient (Wildman–Crippen LogP) is 5.17. The number of nitrogens with zero attached hydrogens (tertiary/aromatic N) is 2. The van der Waals surface area contributed by atoms with Crippen LogP contribution < -0.4 is 5.32 Å². The number of anilines is 1. The first-order chi connectivity index (χ1) is 15.0. The monoisotopic (exact) mass is 433 g/mol. The first kappa shape index (κ1) is 20.6. The Hall–Kier alpha value is -3.64. The number of ether oxygens (including phenoxy) is 1. The van der Waals surface area contributed by atoms with Crippen molar-refractivity contribution in [3.63, 3.8) is 0 Å². The van der Waals surface area contributed by atoms with Crippen molar-refractivity contribution in [2.75, 3.05) is 11.9 Å². The van der Waals surface area contributed by atoms with Crippen molar-refractivity contribution in [3.8, 4) is 11.3 Å². The molecule has 0 radical (unpaired) electrons. The number of fused-ring (bicyclic) bond motifs is 1. The van der Waals surface area contributed by atoms with Crippen LogP contribution in [0, 0.1) is 0 Å². The molecule has 0 fully saturated rings. The fourth-order valence-corrected chi connectivity index (χ4v) is 3.49. The zero-order chi connectivity index (χ0) is 21.8. The molecule has 156 valence electrons. The van der Waals surface area contributed by atoms with Crippen LogP contribution in [-0.4, -0.2) is 28.3 Å². The number of amides is 1. The number of aromatic nitrogens is 2. The van der Waals surface area contributed by atoms with Crippen LogP contribution in [0.4, 0.5) is 5.69 Å². The number of hydrogen-bond donors (Lipinski definition) is 1. The van der Waals surface area contributed by atoms with Gasteiger partial charge in [-0.05, 0) is 49.4 Å². The summed E-state index contributed by atoms with van der Waals surface area (Å²) >= 11 is 6.21. The molecule has 0 atom stereocenters. The van der Waals surface area contributed by atoms with Crippen molar-refractivity contribution >= 4 is 40.1 Å². The van der Waals surface area contributed by atoms with E-state index in [2.05, 4.69) is 10.4 Å². The van der Waals surface area contributed by atoms with Crippen molar-refractivity contribution < 1.29 is 14.3 Å². The Morgan fingerprint density at radius 2 is 1.77 bits per heavy atom. The van der Waals surface area contributed by atoms with E-state index in [1.54, 1.807) is 41.9 Å². The van der Waals surface area contributed by atoms with Gasteiger partial charge in [0.25, 0.3) is 0 Å². The third-order valence-corrected chi connectivity index (χ3v) is 4.97. The van der Waals surface area contributed by atoms with Gasteiger partial charge < -0.3 is 10.1 Å². The molecule has 7 heteroatoms. The number of benzene rings is 3. The minimum absolute atomic E-state index is 0.0323. The molecule has 1 aromatic heterocycles. The molecule has 3 aromatic carbocycles. The second-order valence-electron chi connectivity index (χ2n) is 6.88. The van der Waals surface area contributed by atoms with E-state index in [9.17, 15) is 9.59 Å². The highest BCUT2D eigenvalue weighted by Crippen LogP contribution is 2.30.